The first-order valence-corrected chi connectivity index (χ1v) is 9.77. The first-order valence-electron chi connectivity index (χ1n) is 8.61. The number of carbonyl (C=O) groups excluding carboxylic acids is 3. The molecule has 0 aliphatic carbocycles. The first-order chi connectivity index (χ1) is 11.6. The van der Waals surface area contributed by atoms with Gasteiger partial charge in [0, 0.05) is 38.0 Å². The van der Waals surface area contributed by atoms with Crippen molar-refractivity contribution in [2.45, 2.75) is 31.2 Å². The Hall–Kier alpha value is -1.12. The minimum atomic E-state index is -0.246. The Bertz CT molecular complexity index is 486. The van der Waals surface area contributed by atoms with Gasteiger partial charge in [-0.15, -0.1) is 0 Å². The average Bonchev–Trinajstić information content (AvgIpc) is 2.93. The molecule has 0 radical (unpaired) electrons. The van der Waals surface area contributed by atoms with Gasteiger partial charge in [-0.05, 0) is 24.3 Å². The zero-order chi connectivity index (χ0) is 17.0. The number of nitrogens with zero attached hydrogens (tertiary/aromatic N) is 2. The van der Waals surface area contributed by atoms with Gasteiger partial charge in [0.2, 0.25) is 17.7 Å². The maximum atomic E-state index is 12.3. The second kappa shape index (κ2) is 7.84. The van der Waals surface area contributed by atoms with Gasteiger partial charge in [-0.3, -0.25) is 24.2 Å². The van der Waals surface area contributed by atoms with Crippen molar-refractivity contribution in [1.29, 1.82) is 0 Å². The molecule has 0 atom stereocenters. The zero-order valence-electron chi connectivity index (χ0n) is 13.9. The molecule has 0 saturated carbocycles. The first kappa shape index (κ1) is 17.7. The third-order valence-corrected chi connectivity index (χ3v) is 6.16. The number of carbonyl (C=O) groups is 3. The molecule has 3 amide bonds. The molecule has 3 rings (SSSR count). The van der Waals surface area contributed by atoms with Crippen LogP contribution in [0.2, 0.25) is 0 Å². The largest absolute Gasteiger partial charge is 0.379 e. The highest BCUT2D eigenvalue weighted by atomic mass is 32.2. The number of rotatable bonds is 5. The topological polar surface area (TPSA) is 79.0 Å². The summed E-state index contributed by atoms with van der Waals surface area (Å²) in [5.41, 5.74) is -0.0241. The third kappa shape index (κ3) is 3.92. The number of ether oxygens (including phenoxy) is 1. The van der Waals surface area contributed by atoms with Crippen LogP contribution in [-0.2, 0) is 19.1 Å². The lowest BCUT2D eigenvalue weighted by atomic mass is 9.89. The lowest BCUT2D eigenvalue weighted by Crippen LogP contribution is -2.60. The number of hydrogen-bond donors (Lipinski definition) is 1. The Labute approximate surface area is 146 Å². The predicted octanol–water partition coefficient (Wildman–Crippen LogP) is -0.150. The van der Waals surface area contributed by atoms with E-state index in [4.69, 9.17) is 4.74 Å². The lowest BCUT2D eigenvalue weighted by Gasteiger charge is -2.48. The van der Waals surface area contributed by atoms with E-state index < -0.39 is 0 Å². The number of nitrogens with one attached hydrogen (secondary N) is 1. The van der Waals surface area contributed by atoms with Crippen LogP contribution in [0.25, 0.3) is 0 Å². The van der Waals surface area contributed by atoms with Crippen molar-refractivity contribution in [3.8, 4) is 0 Å². The van der Waals surface area contributed by atoms with Crippen LogP contribution in [0.5, 0.6) is 0 Å². The summed E-state index contributed by atoms with van der Waals surface area (Å²) in [6, 6.07) is 0. The van der Waals surface area contributed by atoms with E-state index in [9.17, 15) is 14.4 Å². The predicted molar refractivity (Wildman–Crippen MR) is 90.6 cm³/mol. The number of hydrogen-bond acceptors (Lipinski definition) is 6. The molecule has 3 heterocycles. The van der Waals surface area contributed by atoms with Crippen LogP contribution in [0.4, 0.5) is 0 Å². The number of likely N-dealkylation sites (tertiary alicyclic amines) is 1. The van der Waals surface area contributed by atoms with Gasteiger partial charge in [-0.1, -0.05) is 0 Å². The fourth-order valence-corrected chi connectivity index (χ4v) is 4.91. The molecule has 8 heteroatoms. The number of thioether (sulfide) groups is 1. The van der Waals surface area contributed by atoms with Crippen LogP contribution in [0.1, 0.15) is 25.7 Å². The van der Waals surface area contributed by atoms with Crippen molar-refractivity contribution in [2.24, 2.45) is 0 Å². The Morgan fingerprint density at radius 3 is 2.38 bits per heavy atom. The SMILES string of the molecule is O=C(CN1C(=O)CCC1=O)NCC1(N2CCOCC2)CCSCC1. The highest BCUT2D eigenvalue weighted by Gasteiger charge is 2.39. The molecule has 1 N–H and O–H groups in total. The van der Waals surface area contributed by atoms with Crippen molar-refractivity contribution in [2.75, 3.05) is 50.9 Å². The van der Waals surface area contributed by atoms with Crippen molar-refractivity contribution in [3.63, 3.8) is 0 Å². The number of imide groups is 1. The van der Waals surface area contributed by atoms with Crippen molar-refractivity contribution in [1.82, 2.24) is 15.1 Å². The number of morpholine rings is 1. The molecule has 3 aliphatic heterocycles. The minimum Gasteiger partial charge on any atom is -0.379 e. The smallest absolute Gasteiger partial charge is 0.240 e. The summed E-state index contributed by atoms with van der Waals surface area (Å²) < 4.78 is 5.46. The summed E-state index contributed by atoms with van der Waals surface area (Å²) in [4.78, 5) is 39.0. The second-order valence-corrected chi connectivity index (χ2v) is 7.81. The number of amides is 3. The Balaban J connectivity index is 1.57. The minimum absolute atomic E-state index is 0.0241. The van der Waals surface area contributed by atoms with Crippen LogP contribution < -0.4 is 5.32 Å². The summed E-state index contributed by atoms with van der Waals surface area (Å²) in [5.74, 6) is 1.45. The maximum absolute atomic E-state index is 12.3. The lowest BCUT2D eigenvalue weighted by molar-refractivity contribution is -0.142. The summed E-state index contributed by atoms with van der Waals surface area (Å²) in [6.07, 6.45) is 2.53. The highest BCUT2D eigenvalue weighted by Crippen LogP contribution is 2.32. The Morgan fingerprint density at radius 1 is 1.12 bits per heavy atom. The Kier molecular flexibility index (Phi) is 5.78. The van der Waals surface area contributed by atoms with E-state index in [1.54, 1.807) is 0 Å². The van der Waals surface area contributed by atoms with Crippen LogP contribution >= 0.6 is 11.8 Å². The molecule has 0 bridgehead atoms. The fraction of sp³-hybridized carbons (Fsp3) is 0.812. The maximum Gasteiger partial charge on any atom is 0.240 e. The molecule has 0 aromatic heterocycles. The van der Waals surface area contributed by atoms with E-state index >= 15 is 0 Å². The monoisotopic (exact) mass is 355 g/mol. The highest BCUT2D eigenvalue weighted by molar-refractivity contribution is 7.99. The molecule has 0 aromatic carbocycles. The molecule has 0 unspecified atom stereocenters. The molecule has 3 saturated heterocycles. The van der Waals surface area contributed by atoms with Crippen molar-refractivity contribution < 1.29 is 19.1 Å². The van der Waals surface area contributed by atoms with Gasteiger partial charge < -0.3 is 10.1 Å². The van der Waals surface area contributed by atoms with E-state index in [2.05, 4.69) is 10.2 Å². The van der Waals surface area contributed by atoms with Gasteiger partial charge in [0.15, 0.2) is 0 Å². The molecule has 7 nitrogen and oxygen atoms in total. The Morgan fingerprint density at radius 2 is 1.75 bits per heavy atom. The van der Waals surface area contributed by atoms with E-state index in [0.717, 1.165) is 55.6 Å². The van der Waals surface area contributed by atoms with Crippen LogP contribution in [0, 0.1) is 0 Å². The molecular weight excluding hydrogens is 330 g/mol. The molecule has 0 spiro atoms. The van der Waals surface area contributed by atoms with E-state index in [1.165, 1.54) is 0 Å². The molecule has 0 aromatic rings. The third-order valence-electron chi connectivity index (χ3n) is 5.18. The van der Waals surface area contributed by atoms with Gasteiger partial charge in [0.1, 0.15) is 6.54 Å². The van der Waals surface area contributed by atoms with E-state index in [0.29, 0.717) is 6.54 Å². The summed E-state index contributed by atoms with van der Waals surface area (Å²) in [6.45, 7) is 3.68. The molecule has 3 aliphatic rings. The van der Waals surface area contributed by atoms with Gasteiger partial charge in [-0.2, -0.15) is 11.8 Å². The summed E-state index contributed by atoms with van der Waals surface area (Å²) >= 11 is 1.95. The van der Waals surface area contributed by atoms with Crippen LogP contribution in [0.15, 0.2) is 0 Å². The van der Waals surface area contributed by atoms with Crippen LogP contribution in [0.3, 0.4) is 0 Å². The van der Waals surface area contributed by atoms with Crippen molar-refractivity contribution in [3.05, 3.63) is 0 Å². The van der Waals surface area contributed by atoms with Gasteiger partial charge in [0.25, 0.3) is 0 Å². The summed E-state index contributed by atoms with van der Waals surface area (Å²) in [7, 11) is 0. The van der Waals surface area contributed by atoms with Gasteiger partial charge in [-0.25, -0.2) is 0 Å². The van der Waals surface area contributed by atoms with Gasteiger partial charge in [0.05, 0.1) is 13.2 Å². The zero-order valence-corrected chi connectivity index (χ0v) is 14.7. The van der Waals surface area contributed by atoms with E-state index in [1.807, 2.05) is 11.8 Å². The average molecular weight is 355 g/mol. The molecule has 24 heavy (non-hydrogen) atoms. The van der Waals surface area contributed by atoms with E-state index in [-0.39, 0.29) is 42.6 Å². The summed E-state index contributed by atoms with van der Waals surface area (Å²) in [5, 5.41) is 2.98. The molecular formula is C16H25N3O4S. The van der Waals surface area contributed by atoms with Crippen molar-refractivity contribution >= 4 is 29.5 Å². The molecule has 134 valence electrons. The standard InChI is InChI=1S/C16H25N3O4S/c20-13(11-19-14(21)1-2-15(19)22)17-12-16(3-9-24-10-4-16)18-5-7-23-8-6-18/h1-12H2,(H,17,20). The normalized spacial score (nSPS) is 25.1. The van der Waals surface area contributed by atoms with Gasteiger partial charge >= 0.3 is 0 Å². The quantitative estimate of drug-likeness (QED) is 0.691. The second-order valence-electron chi connectivity index (χ2n) is 6.59. The molecule has 3 fully saturated rings. The van der Waals surface area contributed by atoms with Crippen LogP contribution in [-0.4, -0.2) is 84.0 Å². The fourth-order valence-electron chi connectivity index (χ4n) is 3.66.